The topological polar surface area (TPSA) is 0 Å². The Bertz CT molecular complexity index is 597. The highest BCUT2D eigenvalue weighted by molar-refractivity contribution is 5.63. The average Bonchev–Trinajstić information content (AvgIpc) is 2.62. The van der Waals surface area contributed by atoms with Gasteiger partial charge < -0.3 is 0 Å². The molecule has 2 aromatic carbocycles. The number of unbranched alkanes of at least 4 members (excludes halogenated alkanes) is 1. The molecule has 0 atom stereocenters. The van der Waals surface area contributed by atoms with Crippen LogP contribution in [0.15, 0.2) is 48.5 Å². The third kappa shape index (κ3) is 4.97. The number of hydrogen-bond acceptors (Lipinski definition) is 0. The van der Waals surface area contributed by atoms with E-state index in [0.29, 0.717) is 0 Å². The Kier molecular flexibility index (Phi) is 6.12. The molecule has 0 nitrogen and oxygen atoms in total. The van der Waals surface area contributed by atoms with Crippen molar-refractivity contribution in [2.24, 2.45) is 11.8 Å². The van der Waals surface area contributed by atoms with Gasteiger partial charge in [0.05, 0.1) is 0 Å². The zero-order valence-electron chi connectivity index (χ0n) is 15.4. The van der Waals surface area contributed by atoms with Crippen LogP contribution in [0.5, 0.6) is 0 Å². The van der Waals surface area contributed by atoms with Crippen LogP contribution in [-0.2, 0) is 6.42 Å². The van der Waals surface area contributed by atoms with Crippen molar-refractivity contribution in [2.75, 3.05) is 0 Å². The molecular weight excluding hydrogens is 288 g/mol. The Balaban J connectivity index is 1.42. The van der Waals surface area contributed by atoms with Crippen LogP contribution >= 0.6 is 0 Å². The molecule has 0 radical (unpaired) electrons. The number of benzene rings is 2. The summed E-state index contributed by atoms with van der Waals surface area (Å²) < 4.78 is 0. The van der Waals surface area contributed by atoms with Gasteiger partial charge in [0.25, 0.3) is 0 Å². The lowest BCUT2D eigenvalue weighted by molar-refractivity contribution is 0.272. The van der Waals surface area contributed by atoms with Gasteiger partial charge in [0.1, 0.15) is 0 Å². The maximum Gasteiger partial charge on any atom is -0.0184 e. The molecule has 0 N–H and O–H groups in total. The van der Waals surface area contributed by atoms with E-state index in [1.54, 1.807) is 0 Å². The maximum atomic E-state index is 2.41. The van der Waals surface area contributed by atoms with E-state index in [2.05, 4.69) is 62.4 Å². The molecule has 1 aliphatic carbocycles. The molecule has 128 valence electrons. The zero-order valence-corrected chi connectivity index (χ0v) is 15.4. The maximum absolute atomic E-state index is 2.41. The molecule has 0 amide bonds. The van der Waals surface area contributed by atoms with E-state index in [1.807, 2.05) is 0 Å². The molecule has 0 unspecified atom stereocenters. The lowest BCUT2D eigenvalue weighted by atomic mass is 9.80. The molecular formula is C24H32. The van der Waals surface area contributed by atoms with E-state index in [0.717, 1.165) is 11.8 Å². The molecule has 0 heteroatoms. The predicted octanol–water partition coefficient (Wildman–Crippen LogP) is 7.20. The second-order valence-corrected chi connectivity index (χ2v) is 7.93. The average molecular weight is 321 g/mol. The van der Waals surface area contributed by atoms with Gasteiger partial charge in [-0.1, -0.05) is 99.5 Å². The highest BCUT2D eigenvalue weighted by Gasteiger charge is 2.17. The molecule has 0 aliphatic heterocycles. The molecule has 0 heterocycles. The Morgan fingerprint density at radius 1 is 0.750 bits per heavy atom. The molecule has 1 saturated carbocycles. The minimum Gasteiger partial charge on any atom is -0.0625 e. The first-order valence-electron chi connectivity index (χ1n) is 9.86. The van der Waals surface area contributed by atoms with Gasteiger partial charge in [0.15, 0.2) is 0 Å². The Hall–Kier alpha value is -1.56. The standard InChI is InChI=1S/C24H32/c1-19-7-11-21(12-8-19)5-3-4-6-22-13-17-24(18-14-22)23-15-9-20(2)10-16-23/h9-10,13-19,21H,3-8,11-12H2,1-2H3. The molecule has 1 fully saturated rings. The summed E-state index contributed by atoms with van der Waals surface area (Å²) in [4.78, 5) is 0. The van der Waals surface area contributed by atoms with Crippen LogP contribution in [0.2, 0.25) is 0 Å². The van der Waals surface area contributed by atoms with Gasteiger partial charge in [0.2, 0.25) is 0 Å². The Morgan fingerprint density at radius 3 is 1.96 bits per heavy atom. The van der Waals surface area contributed by atoms with Crippen molar-refractivity contribution in [3.8, 4) is 11.1 Å². The van der Waals surface area contributed by atoms with Gasteiger partial charge in [-0.15, -0.1) is 0 Å². The van der Waals surface area contributed by atoms with Gasteiger partial charge in [-0.05, 0) is 48.3 Å². The smallest absolute Gasteiger partial charge is 0.0184 e. The second-order valence-electron chi connectivity index (χ2n) is 7.93. The fourth-order valence-corrected chi connectivity index (χ4v) is 3.99. The van der Waals surface area contributed by atoms with Crippen molar-refractivity contribution in [3.63, 3.8) is 0 Å². The van der Waals surface area contributed by atoms with E-state index in [4.69, 9.17) is 0 Å². The van der Waals surface area contributed by atoms with Gasteiger partial charge in [-0.2, -0.15) is 0 Å². The Labute approximate surface area is 148 Å². The minimum absolute atomic E-state index is 0.980. The van der Waals surface area contributed by atoms with Gasteiger partial charge in [-0.25, -0.2) is 0 Å². The lowest BCUT2D eigenvalue weighted by Crippen LogP contribution is -2.12. The normalized spacial score (nSPS) is 20.9. The number of aryl methyl sites for hydroxylation is 2. The number of rotatable bonds is 6. The molecule has 0 saturated heterocycles. The van der Waals surface area contributed by atoms with Gasteiger partial charge in [-0.3, -0.25) is 0 Å². The van der Waals surface area contributed by atoms with Crippen LogP contribution in [0.3, 0.4) is 0 Å². The van der Waals surface area contributed by atoms with Gasteiger partial charge >= 0.3 is 0 Å². The van der Waals surface area contributed by atoms with E-state index in [-0.39, 0.29) is 0 Å². The predicted molar refractivity (Wildman–Crippen MR) is 105 cm³/mol. The summed E-state index contributed by atoms with van der Waals surface area (Å²) in [6, 6.07) is 18.0. The van der Waals surface area contributed by atoms with Crippen LogP contribution in [0, 0.1) is 18.8 Å². The summed E-state index contributed by atoms with van der Waals surface area (Å²) >= 11 is 0. The SMILES string of the molecule is Cc1ccc(-c2ccc(CCCCC3CCC(C)CC3)cc2)cc1. The van der Waals surface area contributed by atoms with Crippen LogP contribution in [0.1, 0.15) is 63.0 Å². The molecule has 2 aromatic rings. The Morgan fingerprint density at radius 2 is 1.33 bits per heavy atom. The summed E-state index contributed by atoms with van der Waals surface area (Å²) in [5.41, 5.74) is 5.46. The fourth-order valence-electron chi connectivity index (χ4n) is 3.99. The molecule has 0 bridgehead atoms. The van der Waals surface area contributed by atoms with Crippen molar-refractivity contribution < 1.29 is 0 Å². The molecule has 3 rings (SSSR count). The fraction of sp³-hybridized carbons (Fsp3) is 0.500. The van der Waals surface area contributed by atoms with Crippen LogP contribution in [0.4, 0.5) is 0 Å². The zero-order chi connectivity index (χ0) is 16.8. The van der Waals surface area contributed by atoms with E-state index in [9.17, 15) is 0 Å². The first-order chi connectivity index (χ1) is 11.7. The van der Waals surface area contributed by atoms with Gasteiger partial charge in [0, 0.05) is 0 Å². The highest BCUT2D eigenvalue weighted by atomic mass is 14.2. The highest BCUT2D eigenvalue weighted by Crippen LogP contribution is 2.31. The quantitative estimate of drug-likeness (QED) is 0.494. The summed E-state index contributed by atoms with van der Waals surface area (Å²) in [5.74, 6) is 2.00. The van der Waals surface area contributed by atoms with E-state index < -0.39 is 0 Å². The second kappa shape index (κ2) is 8.51. The van der Waals surface area contributed by atoms with Crippen molar-refractivity contribution in [3.05, 3.63) is 59.7 Å². The van der Waals surface area contributed by atoms with Crippen LogP contribution in [-0.4, -0.2) is 0 Å². The van der Waals surface area contributed by atoms with Crippen molar-refractivity contribution >= 4 is 0 Å². The first-order valence-corrected chi connectivity index (χ1v) is 9.86. The van der Waals surface area contributed by atoms with Crippen molar-refractivity contribution in [1.29, 1.82) is 0 Å². The first kappa shape index (κ1) is 17.3. The molecule has 0 spiro atoms. The summed E-state index contributed by atoms with van der Waals surface area (Å²) in [6.45, 7) is 4.55. The van der Waals surface area contributed by atoms with Crippen molar-refractivity contribution in [1.82, 2.24) is 0 Å². The monoisotopic (exact) mass is 320 g/mol. The van der Waals surface area contributed by atoms with E-state index >= 15 is 0 Å². The third-order valence-corrected chi connectivity index (χ3v) is 5.80. The van der Waals surface area contributed by atoms with Crippen LogP contribution < -0.4 is 0 Å². The molecule has 24 heavy (non-hydrogen) atoms. The lowest BCUT2D eigenvalue weighted by Gasteiger charge is -2.26. The summed E-state index contributed by atoms with van der Waals surface area (Å²) in [7, 11) is 0. The van der Waals surface area contributed by atoms with Crippen LogP contribution in [0.25, 0.3) is 11.1 Å². The summed E-state index contributed by atoms with van der Waals surface area (Å²) in [5, 5.41) is 0. The number of hydrogen-bond donors (Lipinski definition) is 0. The van der Waals surface area contributed by atoms with E-state index in [1.165, 1.54) is 73.6 Å². The summed E-state index contributed by atoms with van der Waals surface area (Å²) in [6.07, 6.45) is 11.3. The minimum atomic E-state index is 0.980. The third-order valence-electron chi connectivity index (χ3n) is 5.80. The molecule has 1 aliphatic rings. The largest absolute Gasteiger partial charge is 0.0625 e. The molecule has 0 aromatic heterocycles. The van der Waals surface area contributed by atoms with Crippen molar-refractivity contribution in [2.45, 2.75) is 65.2 Å².